The van der Waals surface area contributed by atoms with Crippen LogP contribution in [0.5, 0.6) is 5.75 Å². The Balaban J connectivity index is 0.000000858. The number of rotatable bonds is 6. The molecule has 4 rings (SSSR count). The molecule has 172 valence electrons. The Morgan fingerprint density at radius 3 is 2.29 bits per heavy atom. The molecule has 2 aliphatic carbocycles. The molecule has 4 unspecified atom stereocenters. The van der Waals surface area contributed by atoms with E-state index in [2.05, 4.69) is 20.8 Å². The van der Waals surface area contributed by atoms with Gasteiger partial charge in [0.05, 0.1) is 12.2 Å². The van der Waals surface area contributed by atoms with Gasteiger partial charge in [0.1, 0.15) is 11.6 Å². The number of ether oxygens (including phenoxy) is 1. The van der Waals surface area contributed by atoms with Crippen LogP contribution in [0.1, 0.15) is 94.0 Å². The van der Waals surface area contributed by atoms with Crippen molar-refractivity contribution in [1.29, 1.82) is 0 Å². The summed E-state index contributed by atoms with van der Waals surface area (Å²) in [5.41, 5.74) is 1.26. The number of halogens is 1. The van der Waals surface area contributed by atoms with Crippen LogP contribution in [0.4, 0.5) is 4.39 Å². The fourth-order valence-corrected chi connectivity index (χ4v) is 5.22. The maximum absolute atomic E-state index is 15.0. The molecule has 0 aromatic heterocycles. The second-order valence-electron chi connectivity index (χ2n) is 9.50. The van der Waals surface area contributed by atoms with Gasteiger partial charge in [-0.25, -0.2) is 4.39 Å². The van der Waals surface area contributed by atoms with Crippen molar-refractivity contribution in [2.75, 3.05) is 6.61 Å². The van der Waals surface area contributed by atoms with Gasteiger partial charge in [-0.3, -0.25) is 9.59 Å². The summed E-state index contributed by atoms with van der Waals surface area (Å²) in [6.07, 6.45) is 9.15. The molecule has 4 atom stereocenters. The number of carboxylic acid groups (broad SMARTS) is 1. The van der Waals surface area contributed by atoms with Crippen LogP contribution >= 0.6 is 0 Å². The topological polar surface area (TPSA) is 66.8 Å². The van der Waals surface area contributed by atoms with Crippen LogP contribution < -0.4 is 4.74 Å². The first-order valence-electron chi connectivity index (χ1n) is 11.8. The van der Waals surface area contributed by atoms with Crippen molar-refractivity contribution in [1.82, 2.24) is 4.90 Å². The van der Waals surface area contributed by atoms with E-state index in [9.17, 15) is 9.18 Å². The van der Waals surface area contributed by atoms with Crippen molar-refractivity contribution in [3.8, 4) is 5.75 Å². The van der Waals surface area contributed by atoms with E-state index in [0.29, 0.717) is 24.2 Å². The highest BCUT2D eigenvalue weighted by Gasteiger charge is 2.35. The summed E-state index contributed by atoms with van der Waals surface area (Å²) in [5.74, 6) is 1.88. The van der Waals surface area contributed by atoms with E-state index in [-0.39, 0.29) is 30.0 Å². The molecule has 3 aliphatic rings. The average Bonchev–Trinajstić information content (AvgIpc) is 3.39. The van der Waals surface area contributed by atoms with Crippen molar-refractivity contribution in [3.05, 3.63) is 29.1 Å². The lowest BCUT2D eigenvalue weighted by Gasteiger charge is -2.27. The number of amides is 1. The Bertz CT molecular complexity index is 769. The highest BCUT2D eigenvalue weighted by molar-refractivity contribution is 5.95. The van der Waals surface area contributed by atoms with Gasteiger partial charge in [-0.05, 0) is 81.8 Å². The Labute approximate surface area is 185 Å². The molecule has 1 aliphatic heterocycles. The molecule has 0 bridgehead atoms. The third-order valence-electron chi connectivity index (χ3n) is 7.24. The van der Waals surface area contributed by atoms with Gasteiger partial charge in [-0.2, -0.15) is 0 Å². The minimum atomic E-state index is -0.437. The summed E-state index contributed by atoms with van der Waals surface area (Å²) in [4.78, 5) is 23.3. The molecule has 1 saturated heterocycles. The van der Waals surface area contributed by atoms with Crippen LogP contribution in [-0.2, 0) is 4.79 Å². The van der Waals surface area contributed by atoms with Crippen LogP contribution in [0.3, 0.4) is 0 Å². The maximum atomic E-state index is 15.0. The number of nitrogens with zero attached hydrogens (tertiary/aromatic N) is 1. The zero-order chi connectivity index (χ0) is 22.5. The SMILES string of the molecule is CCC1CCC(COc2cc(F)c(C(=O)N3C(C)CCC3C)cc2C2CC2)C1.O=CO. The van der Waals surface area contributed by atoms with Crippen LogP contribution in [0.15, 0.2) is 12.1 Å². The Kier molecular flexibility index (Phi) is 7.95. The Morgan fingerprint density at radius 2 is 1.74 bits per heavy atom. The lowest BCUT2D eigenvalue weighted by atomic mass is 10.0. The van der Waals surface area contributed by atoms with Gasteiger partial charge >= 0.3 is 0 Å². The van der Waals surface area contributed by atoms with Crippen molar-refractivity contribution >= 4 is 12.4 Å². The van der Waals surface area contributed by atoms with E-state index in [1.807, 2.05) is 4.90 Å². The summed E-state index contributed by atoms with van der Waals surface area (Å²) in [6, 6.07) is 3.64. The quantitative estimate of drug-likeness (QED) is 0.591. The van der Waals surface area contributed by atoms with E-state index in [4.69, 9.17) is 14.6 Å². The van der Waals surface area contributed by atoms with E-state index in [1.165, 1.54) is 31.7 Å². The van der Waals surface area contributed by atoms with Gasteiger partial charge in [-0.1, -0.05) is 19.8 Å². The maximum Gasteiger partial charge on any atom is 0.290 e. The van der Waals surface area contributed by atoms with Crippen molar-refractivity contribution in [3.63, 3.8) is 0 Å². The largest absolute Gasteiger partial charge is 0.493 e. The fraction of sp³-hybridized carbons (Fsp3) is 0.680. The van der Waals surface area contributed by atoms with Crippen LogP contribution in [0, 0.1) is 17.7 Å². The predicted octanol–water partition coefficient (Wildman–Crippen LogP) is 5.62. The molecule has 1 amide bonds. The normalized spacial score (nSPS) is 27.5. The van der Waals surface area contributed by atoms with Crippen LogP contribution in [0.2, 0.25) is 0 Å². The molecule has 31 heavy (non-hydrogen) atoms. The molecule has 3 fully saturated rings. The number of hydrogen-bond donors (Lipinski definition) is 1. The first kappa shape index (κ1) is 23.6. The molecule has 0 spiro atoms. The molecule has 1 N–H and O–H groups in total. The fourth-order valence-electron chi connectivity index (χ4n) is 5.22. The molecular formula is C25H36FNO4. The third-order valence-corrected chi connectivity index (χ3v) is 7.24. The minimum Gasteiger partial charge on any atom is -0.493 e. The van der Waals surface area contributed by atoms with Crippen molar-refractivity contribution in [2.24, 2.45) is 11.8 Å². The zero-order valence-electron chi connectivity index (χ0n) is 19.0. The van der Waals surface area contributed by atoms with E-state index in [1.54, 1.807) is 6.07 Å². The number of benzene rings is 1. The molecule has 0 radical (unpaired) electrons. The second kappa shape index (κ2) is 10.5. The monoisotopic (exact) mass is 433 g/mol. The molecule has 1 heterocycles. The molecule has 5 nitrogen and oxygen atoms in total. The standard InChI is InChI=1S/C24H34FNO2.CH2O2/c1-4-17-7-8-18(11-17)14-28-23-13-22(25)21(12-20(23)19-9-10-19)24(27)26-15(2)5-6-16(26)3;2-1-3/h12-13,15-19H,4-11,14H2,1-3H3;1H,(H,2,3). The Morgan fingerprint density at radius 1 is 1.13 bits per heavy atom. The average molecular weight is 434 g/mol. The van der Waals surface area contributed by atoms with Gasteiger partial charge in [0.25, 0.3) is 12.4 Å². The third kappa shape index (κ3) is 5.58. The number of carbonyl (C=O) groups excluding carboxylic acids is 1. The number of hydrogen-bond acceptors (Lipinski definition) is 3. The lowest BCUT2D eigenvalue weighted by molar-refractivity contribution is -0.122. The summed E-state index contributed by atoms with van der Waals surface area (Å²) < 4.78 is 21.1. The van der Waals surface area contributed by atoms with Gasteiger partial charge in [0.15, 0.2) is 0 Å². The van der Waals surface area contributed by atoms with Gasteiger partial charge in [0.2, 0.25) is 0 Å². The second-order valence-corrected chi connectivity index (χ2v) is 9.50. The highest BCUT2D eigenvalue weighted by atomic mass is 19.1. The van der Waals surface area contributed by atoms with Gasteiger partial charge in [0, 0.05) is 18.2 Å². The smallest absolute Gasteiger partial charge is 0.290 e. The first-order valence-corrected chi connectivity index (χ1v) is 11.8. The van der Waals surface area contributed by atoms with Crippen molar-refractivity contribution < 1.29 is 23.8 Å². The summed E-state index contributed by atoms with van der Waals surface area (Å²) >= 11 is 0. The predicted molar refractivity (Wildman–Crippen MR) is 118 cm³/mol. The van der Waals surface area contributed by atoms with Crippen molar-refractivity contribution in [2.45, 2.75) is 90.1 Å². The summed E-state index contributed by atoms with van der Waals surface area (Å²) in [5, 5.41) is 6.89. The lowest BCUT2D eigenvalue weighted by Crippen LogP contribution is -2.39. The van der Waals surface area contributed by atoms with Gasteiger partial charge in [-0.15, -0.1) is 0 Å². The van der Waals surface area contributed by atoms with E-state index in [0.717, 1.165) is 37.2 Å². The minimum absolute atomic E-state index is 0.162. The highest BCUT2D eigenvalue weighted by Crippen LogP contribution is 2.46. The van der Waals surface area contributed by atoms with E-state index >= 15 is 0 Å². The molecule has 1 aromatic carbocycles. The zero-order valence-corrected chi connectivity index (χ0v) is 19.0. The molecule has 1 aromatic rings. The van der Waals surface area contributed by atoms with Gasteiger partial charge < -0.3 is 14.7 Å². The summed E-state index contributed by atoms with van der Waals surface area (Å²) in [6.45, 7) is 6.79. The number of carbonyl (C=O) groups is 2. The molecular weight excluding hydrogens is 397 g/mol. The van der Waals surface area contributed by atoms with Crippen LogP contribution in [0.25, 0.3) is 0 Å². The van der Waals surface area contributed by atoms with Crippen LogP contribution in [-0.4, -0.2) is 41.1 Å². The molecule has 2 saturated carbocycles. The van der Waals surface area contributed by atoms with E-state index < -0.39 is 5.82 Å². The molecule has 6 heteroatoms. The Hall–Kier alpha value is -2.11. The first-order chi connectivity index (χ1) is 14.9. The number of likely N-dealkylation sites (tertiary alicyclic amines) is 1. The summed E-state index contributed by atoms with van der Waals surface area (Å²) in [7, 11) is 0.